The van der Waals surface area contributed by atoms with Crippen molar-refractivity contribution >= 4 is 12.0 Å². The van der Waals surface area contributed by atoms with Gasteiger partial charge in [-0.15, -0.1) is 0 Å². The van der Waals surface area contributed by atoms with Gasteiger partial charge in [0.05, 0.1) is 0 Å². The maximum Gasteiger partial charge on any atom is 0.407 e. The average Bonchev–Trinajstić information content (AvgIpc) is 2.36. The summed E-state index contributed by atoms with van der Waals surface area (Å²) in [6.07, 6.45) is 7.63. The van der Waals surface area contributed by atoms with Crippen molar-refractivity contribution in [3.63, 3.8) is 0 Å². The first-order valence-corrected chi connectivity index (χ1v) is 6.43. The van der Waals surface area contributed by atoms with Crippen molar-refractivity contribution in [3.05, 3.63) is 12.2 Å². The fourth-order valence-corrected chi connectivity index (χ4v) is 2.10. The minimum atomic E-state index is -0.452. The molecular formula is C13H22N2O3. The van der Waals surface area contributed by atoms with Crippen molar-refractivity contribution in [2.45, 2.75) is 38.2 Å². The van der Waals surface area contributed by atoms with E-state index < -0.39 is 6.09 Å². The highest BCUT2D eigenvalue weighted by atomic mass is 16.6. The number of hydrogen-bond acceptors (Lipinski definition) is 3. The molecule has 0 radical (unpaired) electrons. The predicted octanol–water partition coefficient (Wildman–Crippen LogP) is 1.59. The zero-order chi connectivity index (χ0) is 13.4. The number of carbonyl (C=O) groups excluding carboxylic acids is 2. The zero-order valence-corrected chi connectivity index (χ0v) is 11.1. The van der Waals surface area contributed by atoms with Crippen molar-refractivity contribution in [1.29, 1.82) is 0 Å². The Morgan fingerprint density at radius 2 is 2.06 bits per heavy atom. The smallest absolute Gasteiger partial charge is 0.407 e. The van der Waals surface area contributed by atoms with E-state index >= 15 is 0 Å². The molecule has 102 valence electrons. The molecular weight excluding hydrogens is 232 g/mol. The van der Waals surface area contributed by atoms with E-state index in [2.05, 4.69) is 10.6 Å². The van der Waals surface area contributed by atoms with Crippen LogP contribution in [0.1, 0.15) is 32.1 Å². The molecule has 2 unspecified atom stereocenters. The highest BCUT2D eigenvalue weighted by Gasteiger charge is 2.25. The van der Waals surface area contributed by atoms with E-state index in [1.54, 1.807) is 7.05 Å². The number of rotatable bonds is 3. The van der Waals surface area contributed by atoms with Crippen molar-refractivity contribution in [1.82, 2.24) is 10.6 Å². The van der Waals surface area contributed by atoms with Gasteiger partial charge in [0.2, 0.25) is 5.91 Å². The number of allylic oxidation sites excluding steroid dienone is 1. The van der Waals surface area contributed by atoms with Gasteiger partial charge < -0.3 is 15.4 Å². The van der Waals surface area contributed by atoms with Gasteiger partial charge in [-0.2, -0.15) is 0 Å². The van der Waals surface area contributed by atoms with Gasteiger partial charge >= 0.3 is 6.09 Å². The number of alkyl carbamates (subject to hydrolysis) is 1. The third-order valence-corrected chi connectivity index (χ3v) is 3.16. The maximum atomic E-state index is 11.5. The molecule has 1 rings (SSSR count). The molecule has 18 heavy (non-hydrogen) atoms. The van der Waals surface area contributed by atoms with Crippen LogP contribution in [-0.4, -0.2) is 32.2 Å². The van der Waals surface area contributed by atoms with Crippen LogP contribution in [0.4, 0.5) is 4.79 Å². The maximum absolute atomic E-state index is 11.5. The molecule has 5 heteroatoms. The summed E-state index contributed by atoms with van der Waals surface area (Å²) < 4.78 is 5.32. The van der Waals surface area contributed by atoms with Crippen LogP contribution in [-0.2, 0) is 9.53 Å². The van der Waals surface area contributed by atoms with Gasteiger partial charge in [-0.1, -0.05) is 12.5 Å². The van der Waals surface area contributed by atoms with Crippen LogP contribution < -0.4 is 10.6 Å². The predicted molar refractivity (Wildman–Crippen MR) is 69.1 cm³/mol. The molecule has 0 aromatic heterocycles. The molecule has 2 amide bonds. The number of ether oxygens (including phenoxy) is 1. The zero-order valence-electron chi connectivity index (χ0n) is 11.1. The van der Waals surface area contributed by atoms with E-state index in [4.69, 9.17) is 4.74 Å². The SMILES string of the molecule is CNC(=O)CC1CCCC/C=C/C1OC(=O)NC. The Morgan fingerprint density at radius 1 is 1.28 bits per heavy atom. The molecule has 0 fully saturated rings. The minimum Gasteiger partial charge on any atom is -0.442 e. The van der Waals surface area contributed by atoms with Crippen molar-refractivity contribution in [2.24, 2.45) is 5.92 Å². The van der Waals surface area contributed by atoms with E-state index in [0.29, 0.717) is 6.42 Å². The Balaban J connectivity index is 2.70. The van der Waals surface area contributed by atoms with Crippen molar-refractivity contribution in [3.8, 4) is 0 Å². The molecule has 2 atom stereocenters. The van der Waals surface area contributed by atoms with Crippen LogP contribution in [0.15, 0.2) is 12.2 Å². The van der Waals surface area contributed by atoms with E-state index in [9.17, 15) is 9.59 Å². The second-order valence-corrected chi connectivity index (χ2v) is 4.47. The number of nitrogens with one attached hydrogen (secondary N) is 2. The summed E-state index contributed by atoms with van der Waals surface area (Å²) in [5.74, 6) is 0.0401. The molecule has 0 aliphatic heterocycles. The van der Waals surface area contributed by atoms with Crippen LogP contribution in [0.25, 0.3) is 0 Å². The van der Waals surface area contributed by atoms with E-state index in [0.717, 1.165) is 25.7 Å². The molecule has 0 saturated carbocycles. The van der Waals surface area contributed by atoms with Gasteiger partial charge in [-0.3, -0.25) is 4.79 Å². The third-order valence-electron chi connectivity index (χ3n) is 3.16. The molecule has 5 nitrogen and oxygen atoms in total. The Labute approximate surface area is 108 Å². The number of amides is 2. The van der Waals surface area contributed by atoms with Gasteiger partial charge in [0.15, 0.2) is 0 Å². The Bertz CT molecular complexity index is 315. The lowest BCUT2D eigenvalue weighted by Gasteiger charge is -2.25. The summed E-state index contributed by atoms with van der Waals surface area (Å²) in [5.41, 5.74) is 0. The third kappa shape index (κ3) is 4.77. The Hall–Kier alpha value is -1.52. The molecule has 0 heterocycles. The highest BCUT2D eigenvalue weighted by Crippen LogP contribution is 2.24. The van der Waals surface area contributed by atoms with Crippen LogP contribution in [0.3, 0.4) is 0 Å². The fraction of sp³-hybridized carbons (Fsp3) is 0.692. The highest BCUT2D eigenvalue weighted by molar-refractivity contribution is 5.76. The standard InChI is InChI=1S/C13H22N2O3/c1-14-12(16)9-10-7-5-3-4-6-8-11(10)18-13(17)15-2/h6,8,10-11H,3-5,7,9H2,1-2H3,(H,14,16)(H,15,17)/b8-6+. The molecule has 0 spiro atoms. The van der Waals surface area contributed by atoms with Gasteiger partial charge in [0.1, 0.15) is 6.10 Å². The molecule has 0 aromatic rings. The lowest BCUT2D eigenvalue weighted by atomic mass is 9.89. The number of hydrogen-bond donors (Lipinski definition) is 2. The largest absolute Gasteiger partial charge is 0.442 e. The first-order valence-electron chi connectivity index (χ1n) is 6.43. The average molecular weight is 254 g/mol. The summed E-state index contributed by atoms with van der Waals surface area (Å²) in [6, 6.07) is 0. The second kappa shape index (κ2) is 7.74. The summed E-state index contributed by atoms with van der Waals surface area (Å²) in [6.45, 7) is 0. The van der Waals surface area contributed by atoms with Crippen molar-refractivity contribution < 1.29 is 14.3 Å². The van der Waals surface area contributed by atoms with Crippen LogP contribution in [0.5, 0.6) is 0 Å². The van der Waals surface area contributed by atoms with E-state index in [-0.39, 0.29) is 17.9 Å². The summed E-state index contributed by atoms with van der Waals surface area (Å²) in [5, 5.41) is 5.06. The lowest BCUT2D eigenvalue weighted by molar-refractivity contribution is -0.122. The molecule has 0 bridgehead atoms. The minimum absolute atomic E-state index is 0.0144. The first-order chi connectivity index (χ1) is 8.67. The molecule has 1 aliphatic carbocycles. The molecule has 0 saturated heterocycles. The van der Waals surface area contributed by atoms with Crippen molar-refractivity contribution in [2.75, 3.05) is 14.1 Å². The van der Waals surface area contributed by atoms with Gasteiger partial charge in [-0.25, -0.2) is 4.79 Å². The van der Waals surface area contributed by atoms with Gasteiger partial charge in [-0.05, 0) is 25.3 Å². The fourth-order valence-electron chi connectivity index (χ4n) is 2.10. The molecule has 2 N–H and O–H groups in total. The second-order valence-electron chi connectivity index (χ2n) is 4.47. The van der Waals surface area contributed by atoms with Gasteiger partial charge in [0.25, 0.3) is 0 Å². The van der Waals surface area contributed by atoms with Crippen LogP contribution in [0.2, 0.25) is 0 Å². The Kier molecular flexibility index (Phi) is 6.25. The van der Waals surface area contributed by atoms with E-state index in [1.165, 1.54) is 7.05 Å². The van der Waals surface area contributed by atoms with Crippen LogP contribution in [0, 0.1) is 5.92 Å². The molecule has 1 aliphatic rings. The summed E-state index contributed by atoms with van der Waals surface area (Å²) in [4.78, 5) is 22.8. The monoisotopic (exact) mass is 254 g/mol. The lowest BCUT2D eigenvalue weighted by Crippen LogP contribution is -2.33. The Morgan fingerprint density at radius 3 is 2.72 bits per heavy atom. The quantitative estimate of drug-likeness (QED) is 0.752. The van der Waals surface area contributed by atoms with E-state index in [1.807, 2.05) is 12.2 Å². The first kappa shape index (κ1) is 14.5. The topological polar surface area (TPSA) is 67.4 Å². The van der Waals surface area contributed by atoms with Gasteiger partial charge in [0, 0.05) is 26.4 Å². The van der Waals surface area contributed by atoms with Crippen LogP contribution >= 0.6 is 0 Å². The molecule has 0 aromatic carbocycles. The number of carbonyl (C=O) groups is 2. The summed E-state index contributed by atoms with van der Waals surface area (Å²) in [7, 11) is 3.15. The normalized spacial score (nSPS) is 25.4. The summed E-state index contributed by atoms with van der Waals surface area (Å²) >= 11 is 0.